The van der Waals surface area contributed by atoms with Crippen LogP contribution in [0.25, 0.3) is 0 Å². The van der Waals surface area contributed by atoms with E-state index in [0.29, 0.717) is 6.61 Å². The maximum Gasteiger partial charge on any atom is 0.137 e. The molecule has 0 amide bonds. The molecule has 0 saturated carbocycles. The zero-order valence-corrected chi connectivity index (χ0v) is 11.5. The summed E-state index contributed by atoms with van der Waals surface area (Å²) in [6, 6.07) is 2.15. The van der Waals surface area contributed by atoms with Gasteiger partial charge in [0.2, 0.25) is 0 Å². The van der Waals surface area contributed by atoms with Gasteiger partial charge in [0.15, 0.2) is 0 Å². The Balaban J connectivity index is 2.27. The first kappa shape index (κ1) is 13.3. The van der Waals surface area contributed by atoms with Crippen molar-refractivity contribution in [1.29, 1.82) is 0 Å². The monoisotopic (exact) mass is 248 g/mol. The quantitative estimate of drug-likeness (QED) is 0.888. The Morgan fingerprint density at radius 3 is 2.94 bits per heavy atom. The van der Waals surface area contributed by atoms with E-state index in [1.54, 1.807) is 6.20 Å². The molecule has 1 fully saturated rings. The molecule has 0 aromatic carbocycles. The third-order valence-electron chi connectivity index (χ3n) is 3.92. The smallest absolute Gasteiger partial charge is 0.137 e. The fourth-order valence-electron chi connectivity index (χ4n) is 2.82. The Morgan fingerprint density at radius 2 is 2.17 bits per heavy atom. The van der Waals surface area contributed by atoms with Gasteiger partial charge in [-0.25, -0.2) is 0 Å². The summed E-state index contributed by atoms with van der Waals surface area (Å²) in [5.74, 6) is 0.883. The minimum atomic E-state index is 0.0939. The molecule has 1 aromatic rings. The summed E-state index contributed by atoms with van der Waals surface area (Å²) in [4.78, 5) is 4.34. The van der Waals surface area contributed by atoms with E-state index >= 15 is 0 Å². The Labute approximate surface area is 110 Å². The van der Waals surface area contributed by atoms with Crippen LogP contribution >= 0.6 is 0 Å². The molecule has 1 aliphatic heterocycles. The molecule has 0 spiro atoms. The van der Waals surface area contributed by atoms with Crippen LogP contribution in [0, 0.1) is 0 Å². The van der Waals surface area contributed by atoms with E-state index in [1.165, 1.54) is 31.2 Å². The highest BCUT2D eigenvalue weighted by Crippen LogP contribution is 2.33. The fraction of sp³-hybridized carbons (Fsp3) is 0.667. The zero-order valence-electron chi connectivity index (χ0n) is 11.5. The number of aromatic nitrogens is 1. The highest BCUT2D eigenvalue weighted by molar-refractivity contribution is 5.29. The lowest BCUT2D eigenvalue weighted by atomic mass is 9.84. The lowest BCUT2D eigenvalue weighted by Crippen LogP contribution is -2.41. The van der Waals surface area contributed by atoms with Gasteiger partial charge in [-0.15, -0.1) is 0 Å². The van der Waals surface area contributed by atoms with E-state index in [0.717, 1.165) is 18.7 Å². The molecule has 1 aromatic heterocycles. The van der Waals surface area contributed by atoms with E-state index in [-0.39, 0.29) is 5.54 Å². The summed E-state index contributed by atoms with van der Waals surface area (Å²) in [6.07, 6.45) is 9.98. The highest BCUT2D eigenvalue weighted by Gasteiger charge is 2.31. The van der Waals surface area contributed by atoms with Crippen molar-refractivity contribution in [3.05, 3.63) is 24.0 Å². The highest BCUT2D eigenvalue weighted by atomic mass is 16.5. The van der Waals surface area contributed by atoms with Gasteiger partial charge in [-0.05, 0) is 44.4 Å². The molecular formula is C15H24N2O. The number of ether oxygens (including phenoxy) is 1. The number of hydrogen-bond acceptors (Lipinski definition) is 3. The van der Waals surface area contributed by atoms with E-state index in [4.69, 9.17) is 4.74 Å². The molecular weight excluding hydrogens is 224 g/mol. The van der Waals surface area contributed by atoms with Gasteiger partial charge in [-0.3, -0.25) is 4.98 Å². The zero-order chi connectivity index (χ0) is 12.8. The lowest BCUT2D eigenvalue weighted by Gasteiger charge is -2.33. The third kappa shape index (κ3) is 2.83. The molecule has 3 heteroatoms. The topological polar surface area (TPSA) is 34.1 Å². The van der Waals surface area contributed by atoms with Crippen LogP contribution < -0.4 is 10.1 Å². The Bertz CT molecular complexity index is 371. The normalized spacial score (nSPS) is 24.6. The van der Waals surface area contributed by atoms with Crippen molar-refractivity contribution >= 4 is 0 Å². The number of rotatable bonds is 4. The molecule has 1 saturated heterocycles. The van der Waals surface area contributed by atoms with Crippen molar-refractivity contribution in [2.75, 3.05) is 13.2 Å². The van der Waals surface area contributed by atoms with Crippen molar-refractivity contribution in [1.82, 2.24) is 10.3 Å². The van der Waals surface area contributed by atoms with Crippen LogP contribution in [0.2, 0.25) is 0 Å². The molecule has 1 aliphatic rings. The van der Waals surface area contributed by atoms with E-state index in [1.807, 2.05) is 13.1 Å². The lowest BCUT2D eigenvalue weighted by molar-refractivity contribution is 0.305. The van der Waals surface area contributed by atoms with Gasteiger partial charge in [0.1, 0.15) is 5.75 Å². The number of hydrogen-bond donors (Lipinski definition) is 1. The van der Waals surface area contributed by atoms with Crippen LogP contribution in [0.5, 0.6) is 5.75 Å². The Kier molecular flexibility index (Phi) is 4.59. The predicted octanol–water partition coefficient (Wildman–Crippen LogP) is 3.25. The van der Waals surface area contributed by atoms with Gasteiger partial charge in [0, 0.05) is 11.7 Å². The molecule has 18 heavy (non-hydrogen) atoms. The third-order valence-corrected chi connectivity index (χ3v) is 3.92. The summed E-state index contributed by atoms with van der Waals surface area (Å²) >= 11 is 0. The number of nitrogens with one attached hydrogen (secondary N) is 1. The molecule has 2 heterocycles. The molecule has 1 atom stereocenters. The van der Waals surface area contributed by atoms with Crippen molar-refractivity contribution in [3.8, 4) is 5.75 Å². The van der Waals surface area contributed by atoms with E-state index in [2.05, 4.69) is 23.3 Å². The predicted molar refractivity (Wildman–Crippen MR) is 73.8 cm³/mol. The van der Waals surface area contributed by atoms with Crippen molar-refractivity contribution in [2.24, 2.45) is 0 Å². The van der Waals surface area contributed by atoms with Crippen LogP contribution in [-0.4, -0.2) is 18.1 Å². The first-order valence-corrected chi connectivity index (χ1v) is 7.14. The van der Waals surface area contributed by atoms with Crippen LogP contribution in [0.1, 0.15) is 51.5 Å². The van der Waals surface area contributed by atoms with Gasteiger partial charge >= 0.3 is 0 Å². The summed E-state index contributed by atoms with van der Waals surface area (Å²) < 4.78 is 5.57. The fourth-order valence-corrected chi connectivity index (χ4v) is 2.82. The molecule has 1 unspecified atom stereocenters. The summed E-state index contributed by atoms with van der Waals surface area (Å²) in [5, 5.41) is 3.73. The van der Waals surface area contributed by atoms with E-state index in [9.17, 15) is 0 Å². The van der Waals surface area contributed by atoms with Crippen molar-refractivity contribution < 1.29 is 4.74 Å². The first-order chi connectivity index (χ1) is 8.80. The molecule has 3 nitrogen and oxygen atoms in total. The first-order valence-electron chi connectivity index (χ1n) is 7.14. The SMILES string of the molecule is CCOc1cncc(C2(CC)CCCCCN2)c1. The van der Waals surface area contributed by atoms with Gasteiger partial charge < -0.3 is 10.1 Å². The average molecular weight is 248 g/mol. The molecule has 0 radical (unpaired) electrons. The van der Waals surface area contributed by atoms with Crippen LogP contribution in [0.3, 0.4) is 0 Å². The van der Waals surface area contributed by atoms with Crippen LogP contribution in [0.4, 0.5) is 0 Å². The van der Waals surface area contributed by atoms with Crippen LogP contribution in [-0.2, 0) is 5.54 Å². The minimum absolute atomic E-state index is 0.0939. The maximum absolute atomic E-state index is 5.57. The van der Waals surface area contributed by atoms with Gasteiger partial charge in [-0.2, -0.15) is 0 Å². The largest absolute Gasteiger partial charge is 0.492 e. The number of nitrogens with zero attached hydrogens (tertiary/aromatic N) is 1. The Morgan fingerprint density at radius 1 is 1.28 bits per heavy atom. The van der Waals surface area contributed by atoms with Crippen molar-refractivity contribution in [3.63, 3.8) is 0 Å². The Hall–Kier alpha value is -1.09. The maximum atomic E-state index is 5.57. The molecule has 100 valence electrons. The summed E-state index contributed by atoms with van der Waals surface area (Å²) in [5.41, 5.74) is 1.37. The molecule has 1 N–H and O–H groups in total. The number of pyridine rings is 1. The standard InChI is InChI=1S/C15H24N2O/c1-3-15(8-6-5-7-9-17-15)13-10-14(18-4-2)12-16-11-13/h10-12,17H,3-9H2,1-2H3. The second-order valence-corrected chi connectivity index (χ2v) is 5.02. The molecule has 0 aliphatic carbocycles. The van der Waals surface area contributed by atoms with Gasteiger partial charge in [0.05, 0.1) is 12.8 Å². The van der Waals surface area contributed by atoms with Crippen LogP contribution in [0.15, 0.2) is 18.5 Å². The van der Waals surface area contributed by atoms with Gasteiger partial charge in [0.25, 0.3) is 0 Å². The van der Waals surface area contributed by atoms with Gasteiger partial charge in [-0.1, -0.05) is 19.8 Å². The molecule has 2 rings (SSSR count). The minimum Gasteiger partial charge on any atom is -0.492 e. The van der Waals surface area contributed by atoms with Crippen molar-refractivity contribution in [2.45, 2.75) is 51.5 Å². The second kappa shape index (κ2) is 6.19. The average Bonchev–Trinajstić information content (AvgIpc) is 2.66. The summed E-state index contributed by atoms with van der Waals surface area (Å²) in [6.45, 7) is 6.06. The second-order valence-electron chi connectivity index (χ2n) is 5.02. The molecule has 0 bridgehead atoms. The van der Waals surface area contributed by atoms with E-state index < -0.39 is 0 Å². The summed E-state index contributed by atoms with van der Waals surface area (Å²) in [7, 11) is 0.